The van der Waals surface area contributed by atoms with Gasteiger partial charge < -0.3 is 14.9 Å². The standard InChI is InChI=1S/C14H17FN4O2/c15-11-3-1-10(2-4-11)14-18-17-13(21-14)9-19-5-6-20-12(7-16)8-19/h1-4,12H,5-9,16H2. The number of rotatable bonds is 4. The van der Waals surface area contributed by atoms with Crippen LogP contribution >= 0.6 is 0 Å². The molecule has 1 aliphatic rings. The quantitative estimate of drug-likeness (QED) is 0.907. The highest BCUT2D eigenvalue weighted by Gasteiger charge is 2.21. The summed E-state index contributed by atoms with van der Waals surface area (Å²) in [6.07, 6.45) is 0.0539. The molecular formula is C14H17FN4O2. The van der Waals surface area contributed by atoms with Gasteiger partial charge >= 0.3 is 0 Å². The van der Waals surface area contributed by atoms with Crippen molar-refractivity contribution in [2.45, 2.75) is 12.6 Å². The molecule has 0 bridgehead atoms. The van der Waals surface area contributed by atoms with Crippen LogP contribution in [0.4, 0.5) is 4.39 Å². The second-order valence-electron chi connectivity index (χ2n) is 4.97. The van der Waals surface area contributed by atoms with Crippen molar-refractivity contribution in [3.05, 3.63) is 36.0 Å². The lowest BCUT2D eigenvalue weighted by Gasteiger charge is -2.31. The summed E-state index contributed by atoms with van der Waals surface area (Å²) in [7, 11) is 0. The average Bonchev–Trinajstić information content (AvgIpc) is 2.96. The summed E-state index contributed by atoms with van der Waals surface area (Å²) in [5.41, 5.74) is 6.32. The van der Waals surface area contributed by atoms with E-state index < -0.39 is 0 Å². The Morgan fingerprint density at radius 1 is 1.29 bits per heavy atom. The van der Waals surface area contributed by atoms with E-state index in [2.05, 4.69) is 15.1 Å². The van der Waals surface area contributed by atoms with Crippen molar-refractivity contribution in [1.82, 2.24) is 15.1 Å². The smallest absolute Gasteiger partial charge is 0.247 e. The summed E-state index contributed by atoms with van der Waals surface area (Å²) in [6, 6.07) is 5.97. The lowest BCUT2D eigenvalue weighted by molar-refractivity contribution is -0.0283. The minimum atomic E-state index is -0.292. The molecule has 0 saturated carbocycles. The molecule has 0 spiro atoms. The van der Waals surface area contributed by atoms with Crippen LogP contribution in [-0.2, 0) is 11.3 Å². The van der Waals surface area contributed by atoms with Gasteiger partial charge in [-0.1, -0.05) is 0 Å². The third-order valence-corrected chi connectivity index (χ3v) is 3.40. The normalized spacial score (nSPS) is 19.8. The van der Waals surface area contributed by atoms with Gasteiger partial charge in [-0.3, -0.25) is 4.90 Å². The van der Waals surface area contributed by atoms with Crippen LogP contribution in [0.5, 0.6) is 0 Å². The molecule has 2 N–H and O–H groups in total. The van der Waals surface area contributed by atoms with Gasteiger partial charge in [-0.2, -0.15) is 0 Å². The first kappa shape index (κ1) is 14.1. The third-order valence-electron chi connectivity index (χ3n) is 3.40. The van der Waals surface area contributed by atoms with E-state index in [0.717, 1.165) is 13.1 Å². The fraction of sp³-hybridized carbons (Fsp3) is 0.429. The Morgan fingerprint density at radius 2 is 2.10 bits per heavy atom. The molecule has 1 aromatic carbocycles. The molecular weight excluding hydrogens is 275 g/mol. The highest BCUT2D eigenvalue weighted by atomic mass is 19.1. The lowest BCUT2D eigenvalue weighted by Crippen LogP contribution is -2.45. The Kier molecular flexibility index (Phi) is 4.23. The fourth-order valence-corrected chi connectivity index (χ4v) is 2.28. The highest BCUT2D eigenvalue weighted by Crippen LogP contribution is 2.19. The van der Waals surface area contributed by atoms with Gasteiger partial charge in [0.1, 0.15) is 5.82 Å². The van der Waals surface area contributed by atoms with Crippen molar-refractivity contribution in [1.29, 1.82) is 0 Å². The van der Waals surface area contributed by atoms with Gasteiger partial charge in [-0.05, 0) is 24.3 Å². The first-order valence-corrected chi connectivity index (χ1v) is 6.87. The van der Waals surface area contributed by atoms with E-state index in [1.165, 1.54) is 12.1 Å². The molecule has 21 heavy (non-hydrogen) atoms. The second kappa shape index (κ2) is 6.30. The number of nitrogens with two attached hydrogens (primary N) is 1. The molecule has 1 unspecified atom stereocenters. The van der Waals surface area contributed by atoms with E-state index >= 15 is 0 Å². The van der Waals surface area contributed by atoms with Gasteiger partial charge in [-0.25, -0.2) is 4.39 Å². The maximum Gasteiger partial charge on any atom is 0.247 e. The number of nitrogens with zero attached hydrogens (tertiary/aromatic N) is 3. The predicted octanol–water partition coefficient (Wildman–Crippen LogP) is 1.04. The maximum absolute atomic E-state index is 12.9. The van der Waals surface area contributed by atoms with Crippen LogP contribution in [0.25, 0.3) is 11.5 Å². The number of morpholine rings is 1. The predicted molar refractivity (Wildman–Crippen MR) is 73.8 cm³/mol. The van der Waals surface area contributed by atoms with E-state index in [4.69, 9.17) is 14.9 Å². The van der Waals surface area contributed by atoms with Crippen LogP contribution in [0.1, 0.15) is 5.89 Å². The zero-order valence-corrected chi connectivity index (χ0v) is 11.5. The Labute approximate surface area is 121 Å². The number of hydrogen-bond donors (Lipinski definition) is 1. The molecule has 3 rings (SSSR count). The summed E-state index contributed by atoms with van der Waals surface area (Å²) in [5, 5.41) is 8.03. The Bertz CT molecular complexity index is 587. The van der Waals surface area contributed by atoms with Crippen molar-refractivity contribution >= 4 is 0 Å². The van der Waals surface area contributed by atoms with E-state index in [1.54, 1.807) is 12.1 Å². The molecule has 1 saturated heterocycles. The summed E-state index contributed by atoms with van der Waals surface area (Å²) in [5.74, 6) is 0.639. The summed E-state index contributed by atoms with van der Waals surface area (Å²) in [4.78, 5) is 2.17. The first-order valence-electron chi connectivity index (χ1n) is 6.87. The topological polar surface area (TPSA) is 77.4 Å². The second-order valence-corrected chi connectivity index (χ2v) is 4.97. The molecule has 1 fully saturated rings. The van der Waals surface area contributed by atoms with Crippen molar-refractivity contribution in [3.63, 3.8) is 0 Å². The Morgan fingerprint density at radius 3 is 2.86 bits per heavy atom. The van der Waals surface area contributed by atoms with Crippen LogP contribution < -0.4 is 5.73 Å². The molecule has 1 aliphatic heterocycles. The van der Waals surface area contributed by atoms with Crippen LogP contribution in [0, 0.1) is 5.82 Å². The minimum absolute atomic E-state index is 0.0539. The van der Waals surface area contributed by atoms with Crippen molar-refractivity contribution in [2.24, 2.45) is 5.73 Å². The Hall–Kier alpha value is -1.83. The molecule has 0 amide bonds. The average molecular weight is 292 g/mol. The van der Waals surface area contributed by atoms with Crippen LogP contribution in [0.15, 0.2) is 28.7 Å². The summed E-state index contributed by atoms with van der Waals surface area (Å²) in [6.45, 7) is 3.28. The zero-order valence-electron chi connectivity index (χ0n) is 11.5. The third kappa shape index (κ3) is 3.44. The van der Waals surface area contributed by atoms with Gasteiger partial charge in [0.2, 0.25) is 11.8 Å². The molecule has 7 heteroatoms. The van der Waals surface area contributed by atoms with Crippen LogP contribution in [0.2, 0.25) is 0 Å². The van der Waals surface area contributed by atoms with Gasteiger partial charge in [0.15, 0.2) is 0 Å². The van der Waals surface area contributed by atoms with Crippen molar-refractivity contribution < 1.29 is 13.5 Å². The van der Waals surface area contributed by atoms with Gasteiger partial charge in [0.25, 0.3) is 0 Å². The van der Waals surface area contributed by atoms with E-state index in [9.17, 15) is 4.39 Å². The van der Waals surface area contributed by atoms with E-state index in [1.807, 2.05) is 0 Å². The molecule has 0 radical (unpaired) electrons. The number of ether oxygens (including phenoxy) is 1. The molecule has 1 atom stereocenters. The molecule has 1 aromatic heterocycles. The first-order chi connectivity index (χ1) is 10.2. The fourth-order valence-electron chi connectivity index (χ4n) is 2.28. The maximum atomic E-state index is 12.9. The van der Waals surface area contributed by atoms with Gasteiger partial charge in [0, 0.05) is 25.2 Å². The van der Waals surface area contributed by atoms with Crippen molar-refractivity contribution in [3.8, 4) is 11.5 Å². The number of halogens is 1. The zero-order chi connectivity index (χ0) is 14.7. The minimum Gasteiger partial charge on any atom is -0.419 e. The van der Waals surface area contributed by atoms with Crippen LogP contribution in [0.3, 0.4) is 0 Å². The summed E-state index contributed by atoms with van der Waals surface area (Å²) >= 11 is 0. The Balaban J connectivity index is 1.66. The SMILES string of the molecule is NCC1CN(Cc2nnc(-c3ccc(F)cc3)o2)CCO1. The molecule has 6 nitrogen and oxygen atoms in total. The number of hydrogen-bond acceptors (Lipinski definition) is 6. The van der Waals surface area contributed by atoms with Gasteiger partial charge in [0.05, 0.1) is 19.3 Å². The lowest BCUT2D eigenvalue weighted by atomic mass is 10.2. The molecule has 112 valence electrons. The number of benzene rings is 1. The number of aromatic nitrogens is 2. The molecule has 2 aromatic rings. The monoisotopic (exact) mass is 292 g/mol. The summed E-state index contributed by atoms with van der Waals surface area (Å²) < 4.78 is 24.0. The highest BCUT2D eigenvalue weighted by molar-refractivity contribution is 5.51. The van der Waals surface area contributed by atoms with E-state index in [-0.39, 0.29) is 11.9 Å². The molecule has 2 heterocycles. The van der Waals surface area contributed by atoms with Gasteiger partial charge in [-0.15, -0.1) is 10.2 Å². The van der Waals surface area contributed by atoms with Crippen molar-refractivity contribution in [2.75, 3.05) is 26.2 Å². The van der Waals surface area contributed by atoms with E-state index in [0.29, 0.717) is 37.0 Å². The largest absolute Gasteiger partial charge is 0.419 e. The molecule has 0 aliphatic carbocycles. The van der Waals surface area contributed by atoms with Crippen LogP contribution in [-0.4, -0.2) is 47.4 Å².